The van der Waals surface area contributed by atoms with Crippen LogP contribution >= 0.6 is 0 Å². The van der Waals surface area contributed by atoms with E-state index >= 15 is 0 Å². The van der Waals surface area contributed by atoms with Crippen LogP contribution in [-0.4, -0.2) is 22.3 Å². The summed E-state index contributed by atoms with van der Waals surface area (Å²) < 4.78 is 7.90. The molecule has 2 N–H and O–H groups in total. The van der Waals surface area contributed by atoms with Crippen molar-refractivity contribution in [2.45, 2.75) is 57.2 Å². The van der Waals surface area contributed by atoms with Gasteiger partial charge >= 0.3 is 0 Å². The van der Waals surface area contributed by atoms with Gasteiger partial charge in [-0.25, -0.2) is 4.98 Å². The van der Waals surface area contributed by atoms with E-state index in [0.717, 1.165) is 25.2 Å². The molecule has 1 aromatic heterocycles. The summed E-state index contributed by atoms with van der Waals surface area (Å²) in [5.74, 6) is 0.955. The van der Waals surface area contributed by atoms with Crippen LogP contribution in [0, 0.1) is 0 Å². The third kappa shape index (κ3) is 2.24. The topological polar surface area (TPSA) is 53.1 Å². The van der Waals surface area contributed by atoms with E-state index in [2.05, 4.69) is 16.5 Å². The Balaban J connectivity index is 2.24. The number of imidazole rings is 1. The predicted octanol–water partition coefficient (Wildman–Crippen LogP) is 2.25. The number of aromatic nitrogens is 2. The van der Waals surface area contributed by atoms with Crippen molar-refractivity contribution in [1.29, 1.82) is 0 Å². The van der Waals surface area contributed by atoms with Gasteiger partial charge in [0.1, 0.15) is 5.82 Å². The molecule has 0 aliphatic heterocycles. The van der Waals surface area contributed by atoms with E-state index in [1.807, 2.05) is 12.4 Å². The van der Waals surface area contributed by atoms with Crippen LogP contribution in [0.5, 0.6) is 0 Å². The van der Waals surface area contributed by atoms with Crippen LogP contribution < -0.4 is 5.73 Å². The van der Waals surface area contributed by atoms with E-state index in [1.165, 1.54) is 19.3 Å². The first-order chi connectivity index (χ1) is 8.23. The molecule has 0 amide bonds. The smallest absolute Gasteiger partial charge is 0.128 e. The van der Waals surface area contributed by atoms with Gasteiger partial charge in [-0.05, 0) is 19.8 Å². The van der Waals surface area contributed by atoms with E-state index < -0.39 is 0 Å². The molecule has 0 bridgehead atoms. The van der Waals surface area contributed by atoms with Crippen LogP contribution in [0.25, 0.3) is 0 Å². The fourth-order valence-electron chi connectivity index (χ4n) is 2.89. The lowest BCUT2D eigenvalue weighted by Gasteiger charge is -2.40. The predicted molar refractivity (Wildman–Crippen MR) is 67.7 cm³/mol. The number of hydrogen-bond donors (Lipinski definition) is 1. The van der Waals surface area contributed by atoms with Gasteiger partial charge in [-0.15, -0.1) is 0 Å². The minimum atomic E-state index is -0.212. The van der Waals surface area contributed by atoms with Gasteiger partial charge in [0.05, 0.1) is 11.6 Å². The van der Waals surface area contributed by atoms with Gasteiger partial charge in [-0.1, -0.05) is 19.3 Å². The molecule has 4 heteroatoms. The Labute approximate surface area is 103 Å². The van der Waals surface area contributed by atoms with Crippen LogP contribution in [0.3, 0.4) is 0 Å². The number of aryl methyl sites for hydroxylation is 1. The maximum atomic E-state index is 6.43. The summed E-state index contributed by atoms with van der Waals surface area (Å²) in [5.41, 5.74) is 6.22. The maximum Gasteiger partial charge on any atom is 0.128 e. The summed E-state index contributed by atoms with van der Waals surface area (Å²) in [6.45, 7) is 3.01. The summed E-state index contributed by atoms with van der Waals surface area (Å²) >= 11 is 0. The van der Waals surface area contributed by atoms with E-state index in [1.54, 1.807) is 7.11 Å². The Kier molecular flexibility index (Phi) is 3.84. The number of methoxy groups -OCH3 is 1. The summed E-state index contributed by atoms with van der Waals surface area (Å²) in [6.07, 6.45) is 9.59. The van der Waals surface area contributed by atoms with Crippen LogP contribution in [-0.2, 0) is 11.3 Å². The fraction of sp³-hybridized carbons (Fsp3) is 0.769. The highest BCUT2D eigenvalue weighted by atomic mass is 16.5. The molecule has 4 nitrogen and oxygen atoms in total. The first kappa shape index (κ1) is 12.6. The monoisotopic (exact) mass is 237 g/mol. The van der Waals surface area contributed by atoms with Gasteiger partial charge in [0.15, 0.2) is 0 Å². The molecule has 0 aromatic carbocycles. The minimum Gasteiger partial charge on any atom is -0.376 e. The standard InChI is InChI=1S/C13H23N3O/c1-3-16-10-9-15-12(16)11(14)13(17-2)7-5-4-6-8-13/h9-11H,3-8,14H2,1-2H3. The Morgan fingerprint density at radius 2 is 2.18 bits per heavy atom. The van der Waals surface area contributed by atoms with Crippen LogP contribution in [0.4, 0.5) is 0 Å². The second-order valence-corrected chi connectivity index (χ2v) is 4.88. The zero-order valence-electron chi connectivity index (χ0n) is 10.9. The number of nitrogens with zero attached hydrogens (tertiary/aromatic N) is 2. The molecule has 2 rings (SSSR count). The van der Waals surface area contributed by atoms with Crippen molar-refractivity contribution in [3.05, 3.63) is 18.2 Å². The van der Waals surface area contributed by atoms with Crippen LogP contribution in [0.15, 0.2) is 12.4 Å². The third-order valence-corrected chi connectivity index (χ3v) is 4.04. The SMILES string of the molecule is CCn1ccnc1C(N)C1(OC)CCCCC1. The molecular weight excluding hydrogens is 214 g/mol. The zero-order valence-corrected chi connectivity index (χ0v) is 10.9. The molecule has 1 atom stereocenters. The average Bonchev–Trinajstić information content (AvgIpc) is 2.86. The summed E-state index contributed by atoms with van der Waals surface area (Å²) in [4.78, 5) is 4.41. The molecule has 96 valence electrons. The summed E-state index contributed by atoms with van der Waals surface area (Å²) in [7, 11) is 1.78. The molecule has 0 spiro atoms. The van der Waals surface area contributed by atoms with E-state index in [-0.39, 0.29) is 11.6 Å². The molecule has 1 heterocycles. The largest absolute Gasteiger partial charge is 0.376 e. The van der Waals surface area contributed by atoms with Crippen molar-refractivity contribution >= 4 is 0 Å². The molecule has 1 aromatic rings. The van der Waals surface area contributed by atoms with Crippen molar-refractivity contribution < 1.29 is 4.74 Å². The zero-order chi connectivity index (χ0) is 12.3. The van der Waals surface area contributed by atoms with Crippen LogP contribution in [0.2, 0.25) is 0 Å². The maximum absolute atomic E-state index is 6.43. The molecule has 1 fully saturated rings. The highest BCUT2D eigenvalue weighted by Crippen LogP contribution is 2.39. The fourth-order valence-corrected chi connectivity index (χ4v) is 2.89. The van der Waals surface area contributed by atoms with Gasteiger partial charge in [0.2, 0.25) is 0 Å². The molecule has 0 radical (unpaired) electrons. The van der Waals surface area contributed by atoms with E-state index in [9.17, 15) is 0 Å². The van der Waals surface area contributed by atoms with Crippen molar-refractivity contribution in [2.24, 2.45) is 5.73 Å². The third-order valence-electron chi connectivity index (χ3n) is 4.04. The van der Waals surface area contributed by atoms with Crippen molar-refractivity contribution in [2.75, 3.05) is 7.11 Å². The highest BCUT2D eigenvalue weighted by molar-refractivity contribution is 5.08. The van der Waals surface area contributed by atoms with Crippen molar-refractivity contribution in [3.63, 3.8) is 0 Å². The van der Waals surface area contributed by atoms with Crippen molar-refractivity contribution in [3.8, 4) is 0 Å². The van der Waals surface area contributed by atoms with E-state index in [4.69, 9.17) is 10.5 Å². The quantitative estimate of drug-likeness (QED) is 0.874. The number of rotatable bonds is 4. The van der Waals surface area contributed by atoms with Gasteiger partial charge < -0.3 is 15.0 Å². The number of nitrogens with two attached hydrogens (primary N) is 1. The lowest BCUT2D eigenvalue weighted by molar-refractivity contribution is -0.0620. The molecule has 0 saturated heterocycles. The molecule has 1 saturated carbocycles. The highest BCUT2D eigenvalue weighted by Gasteiger charge is 2.40. The molecule has 1 unspecified atom stereocenters. The lowest BCUT2D eigenvalue weighted by Crippen LogP contribution is -2.45. The lowest BCUT2D eigenvalue weighted by atomic mass is 9.79. The Morgan fingerprint density at radius 3 is 2.76 bits per heavy atom. The number of ether oxygens (including phenoxy) is 1. The number of hydrogen-bond acceptors (Lipinski definition) is 3. The molecular formula is C13H23N3O. The first-order valence-electron chi connectivity index (χ1n) is 6.55. The first-order valence-corrected chi connectivity index (χ1v) is 6.55. The molecule has 1 aliphatic rings. The second-order valence-electron chi connectivity index (χ2n) is 4.88. The van der Waals surface area contributed by atoms with Gasteiger partial charge in [-0.3, -0.25) is 0 Å². The molecule has 1 aliphatic carbocycles. The Morgan fingerprint density at radius 1 is 1.47 bits per heavy atom. The summed E-state index contributed by atoms with van der Waals surface area (Å²) in [6, 6.07) is -0.122. The van der Waals surface area contributed by atoms with Gasteiger partial charge in [-0.2, -0.15) is 0 Å². The second kappa shape index (κ2) is 5.19. The Bertz CT molecular complexity index is 355. The molecule has 17 heavy (non-hydrogen) atoms. The average molecular weight is 237 g/mol. The van der Waals surface area contributed by atoms with Gasteiger partial charge in [0.25, 0.3) is 0 Å². The Hall–Kier alpha value is -0.870. The van der Waals surface area contributed by atoms with E-state index in [0.29, 0.717) is 0 Å². The normalized spacial score (nSPS) is 21.4. The minimum absolute atomic E-state index is 0.122. The van der Waals surface area contributed by atoms with Gasteiger partial charge in [0, 0.05) is 26.0 Å². The summed E-state index contributed by atoms with van der Waals surface area (Å²) in [5, 5.41) is 0. The van der Waals surface area contributed by atoms with Crippen molar-refractivity contribution in [1.82, 2.24) is 9.55 Å². The van der Waals surface area contributed by atoms with Crippen LogP contribution in [0.1, 0.15) is 50.9 Å².